The van der Waals surface area contributed by atoms with Gasteiger partial charge in [0, 0.05) is 13.1 Å². The van der Waals surface area contributed by atoms with E-state index >= 15 is 0 Å². The minimum atomic E-state index is -4.10. The summed E-state index contributed by atoms with van der Waals surface area (Å²) in [5.74, 6) is -1.59. The molecule has 6 nitrogen and oxygen atoms in total. The average molecular weight is 476 g/mol. The summed E-state index contributed by atoms with van der Waals surface area (Å²) >= 11 is 0. The Balaban J connectivity index is 1.85. The fourth-order valence-electron chi connectivity index (χ4n) is 3.65. The van der Waals surface area contributed by atoms with Gasteiger partial charge in [-0.05, 0) is 60.0 Å². The lowest BCUT2D eigenvalue weighted by Gasteiger charge is -2.35. The SMILES string of the molecule is Cc1cccc(S(=O)(=O)N2CC(=O)N(C)c3ccc(-c4cc(F)cc(OC(F)F)c4)cc32)c1. The van der Waals surface area contributed by atoms with Crippen molar-refractivity contribution < 1.29 is 31.1 Å². The number of hydrogen-bond donors (Lipinski definition) is 0. The van der Waals surface area contributed by atoms with Crippen LogP contribution in [0.5, 0.6) is 5.75 Å². The second-order valence-electron chi connectivity index (χ2n) is 7.54. The van der Waals surface area contributed by atoms with Crippen LogP contribution in [0.2, 0.25) is 0 Å². The van der Waals surface area contributed by atoms with Crippen molar-refractivity contribution in [2.75, 3.05) is 22.8 Å². The van der Waals surface area contributed by atoms with Crippen LogP contribution in [-0.4, -0.2) is 34.5 Å². The van der Waals surface area contributed by atoms with E-state index < -0.39 is 34.9 Å². The summed E-state index contributed by atoms with van der Waals surface area (Å²) in [5, 5.41) is 0. The van der Waals surface area contributed by atoms with Crippen molar-refractivity contribution in [3.05, 3.63) is 72.0 Å². The number of fused-ring (bicyclic) bond motifs is 1. The number of anilines is 2. The van der Waals surface area contributed by atoms with Crippen LogP contribution in [0.3, 0.4) is 0 Å². The molecule has 4 rings (SSSR count). The predicted octanol–water partition coefficient (Wildman–Crippen LogP) is 4.57. The van der Waals surface area contributed by atoms with Crippen LogP contribution >= 0.6 is 0 Å². The Morgan fingerprint density at radius 2 is 1.73 bits per heavy atom. The highest BCUT2D eigenvalue weighted by molar-refractivity contribution is 7.92. The molecule has 0 radical (unpaired) electrons. The van der Waals surface area contributed by atoms with E-state index in [4.69, 9.17) is 0 Å². The van der Waals surface area contributed by atoms with Gasteiger partial charge >= 0.3 is 6.61 Å². The predicted molar refractivity (Wildman–Crippen MR) is 118 cm³/mol. The summed E-state index contributed by atoms with van der Waals surface area (Å²) in [6.45, 7) is -1.80. The summed E-state index contributed by atoms with van der Waals surface area (Å²) in [5.41, 5.74) is 1.85. The molecule has 3 aromatic rings. The molecule has 0 spiro atoms. The first kappa shape index (κ1) is 22.7. The summed E-state index contributed by atoms with van der Waals surface area (Å²) in [7, 11) is -2.58. The molecule has 0 saturated carbocycles. The van der Waals surface area contributed by atoms with Crippen LogP contribution in [0.15, 0.2) is 65.6 Å². The highest BCUT2D eigenvalue weighted by Gasteiger charge is 2.35. The molecule has 10 heteroatoms. The number of hydrogen-bond acceptors (Lipinski definition) is 4. The van der Waals surface area contributed by atoms with Crippen molar-refractivity contribution in [2.24, 2.45) is 0 Å². The van der Waals surface area contributed by atoms with Crippen LogP contribution in [0.25, 0.3) is 11.1 Å². The van der Waals surface area contributed by atoms with E-state index in [2.05, 4.69) is 4.74 Å². The molecule has 1 amide bonds. The Labute approximate surface area is 188 Å². The van der Waals surface area contributed by atoms with Crippen LogP contribution in [0, 0.1) is 12.7 Å². The average Bonchev–Trinajstić information content (AvgIpc) is 2.75. The number of amides is 1. The molecular weight excluding hydrogens is 457 g/mol. The summed E-state index contributed by atoms with van der Waals surface area (Å²) in [4.78, 5) is 13.9. The van der Waals surface area contributed by atoms with E-state index in [0.717, 1.165) is 22.0 Å². The first-order valence-corrected chi connectivity index (χ1v) is 11.3. The van der Waals surface area contributed by atoms with Gasteiger partial charge in [-0.15, -0.1) is 0 Å². The van der Waals surface area contributed by atoms with Gasteiger partial charge in [-0.1, -0.05) is 18.2 Å². The molecule has 1 aliphatic heterocycles. The van der Waals surface area contributed by atoms with Gasteiger partial charge in [0.25, 0.3) is 10.0 Å². The number of ether oxygens (including phenoxy) is 1. The molecule has 0 aromatic heterocycles. The maximum Gasteiger partial charge on any atom is 0.387 e. The topological polar surface area (TPSA) is 66.9 Å². The number of rotatable bonds is 5. The van der Waals surface area contributed by atoms with Gasteiger partial charge in [-0.25, -0.2) is 12.8 Å². The molecule has 0 unspecified atom stereocenters. The molecule has 33 heavy (non-hydrogen) atoms. The Kier molecular flexibility index (Phi) is 5.79. The summed E-state index contributed by atoms with van der Waals surface area (Å²) in [6, 6.07) is 14.0. The Bertz CT molecular complexity index is 1350. The number of nitrogens with zero attached hydrogens (tertiary/aromatic N) is 2. The fraction of sp³-hybridized carbons (Fsp3) is 0.174. The first-order chi connectivity index (χ1) is 15.6. The van der Waals surface area contributed by atoms with Crippen LogP contribution in [-0.2, 0) is 14.8 Å². The van der Waals surface area contributed by atoms with Gasteiger partial charge in [0.05, 0.1) is 16.3 Å². The number of benzene rings is 3. The Morgan fingerprint density at radius 1 is 0.970 bits per heavy atom. The molecule has 0 fully saturated rings. The molecule has 0 atom stereocenters. The van der Waals surface area contributed by atoms with Gasteiger partial charge in [0.2, 0.25) is 5.91 Å². The van der Waals surface area contributed by atoms with Crippen molar-refractivity contribution >= 4 is 27.3 Å². The number of alkyl halides is 2. The van der Waals surface area contributed by atoms with Crippen molar-refractivity contribution in [3.8, 4) is 16.9 Å². The normalized spacial score (nSPS) is 13.9. The maximum absolute atomic E-state index is 14.1. The van der Waals surface area contributed by atoms with Crippen LogP contribution < -0.4 is 13.9 Å². The Hall–Kier alpha value is -3.53. The third-order valence-electron chi connectivity index (χ3n) is 5.27. The van der Waals surface area contributed by atoms with Crippen LogP contribution in [0.1, 0.15) is 5.56 Å². The highest BCUT2D eigenvalue weighted by atomic mass is 32.2. The quantitative estimate of drug-likeness (QED) is 0.541. The van der Waals surface area contributed by atoms with Crippen molar-refractivity contribution in [3.63, 3.8) is 0 Å². The number of sulfonamides is 1. The number of aryl methyl sites for hydroxylation is 1. The molecule has 0 aliphatic carbocycles. The zero-order valence-electron chi connectivity index (χ0n) is 17.6. The monoisotopic (exact) mass is 476 g/mol. The second-order valence-corrected chi connectivity index (χ2v) is 9.40. The van der Waals surface area contributed by atoms with E-state index in [-0.39, 0.29) is 21.9 Å². The van der Waals surface area contributed by atoms with E-state index in [1.807, 2.05) is 0 Å². The van der Waals surface area contributed by atoms with E-state index in [0.29, 0.717) is 11.3 Å². The molecule has 0 bridgehead atoms. The van der Waals surface area contributed by atoms with Gasteiger partial charge in [-0.3, -0.25) is 9.10 Å². The molecule has 0 N–H and O–H groups in total. The third kappa shape index (κ3) is 4.38. The molecule has 1 heterocycles. The number of halogens is 3. The third-order valence-corrected chi connectivity index (χ3v) is 7.02. The fourth-order valence-corrected chi connectivity index (χ4v) is 5.18. The van der Waals surface area contributed by atoms with Gasteiger partial charge in [0.15, 0.2) is 0 Å². The van der Waals surface area contributed by atoms with Gasteiger partial charge in [0.1, 0.15) is 18.1 Å². The lowest BCUT2D eigenvalue weighted by Crippen LogP contribution is -2.46. The van der Waals surface area contributed by atoms with E-state index in [1.165, 1.54) is 42.3 Å². The van der Waals surface area contributed by atoms with Crippen LogP contribution in [0.4, 0.5) is 24.5 Å². The van der Waals surface area contributed by atoms with E-state index in [1.54, 1.807) is 25.1 Å². The first-order valence-electron chi connectivity index (χ1n) is 9.82. The standard InChI is InChI=1S/C23H19F3N2O4S/c1-14-4-3-5-19(8-14)33(30,31)28-13-22(29)27(2)20-7-6-15(11-21(20)28)16-9-17(24)12-18(10-16)32-23(25)26/h3-12,23H,13H2,1-2H3. The van der Waals surface area contributed by atoms with Crippen molar-refractivity contribution in [1.82, 2.24) is 0 Å². The Morgan fingerprint density at radius 3 is 2.42 bits per heavy atom. The maximum atomic E-state index is 14.1. The largest absolute Gasteiger partial charge is 0.435 e. The smallest absolute Gasteiger partial charge is 0.387 e. The van der Waals surface area contributed by atoms with Crippen molar-refractivity contribution in [2.45, 2.75) is 18.4 Å². The number of carbonyl (C=O) groups excluding carboxylic acids is 1. The molecule has 172 valence electrons. The second kappa shape index (κ2) is 8.43. The zero-order chi connectivity index (χ0) is 23.9. The summed E-state index contributed by atoms with van der Waals surface area (Å²) < 4.78 is 71.4. The highest BCUT2D eigenvalue weighted by Crippen LogP contribution is 2.40. The van der Waals surface area contributed by atoms with Gasteiger partial charge < -0.3 is 9.64 Å². The molecule has 0 saturated heterocycles. The number of carbonyl (C=O) groups is 1. The lowest BCUT2D eigenvalue weighted by molar-refractivity contribution is -0.117. The van der Waals surface area contributed by atoms with E-state index in [9.17, 15) is 26.4 Å². The zero-order valence-corrected chi connectivity index (χ0v) is 18.4. The molecule has 3 aromatic carbocycles. The minimum Gasteiger partial charge on any atom is -0.435 e. The molecule has 1 aliphatic rings. The molecular formula is C23H19F3N2O4S. The number of likely N-dealkylation sites (N-methyl/N-ethyl adjacent to an activating group) is 1. The minimum absolute atomic E-state index is 0.0228. The van der Waals surface area contributed by atoms with Gasteiger partial charge in [-0.2, -0.15) is 8.78 Å². The lowest BCUT2D eigenvalue weighted by atomic mass is 10.0. The van der Waals surface area contributed by atoms with Crippen molar-refractivity contribution in [1.29, 1.82) is 0 Å². The summed E-state index contributed by atoms with van der Waals surface area (Å²) in [6.07, 6.45) is 0.